The van der Waals surface area contributed by atoms with Gasteiger partial charge in [0.2, 0.25) is 0 Å². The van der Waals surface area contributed by atoms with E-state index in [1.807, 2.05) is 0 Å². The van der Waals surface area contributed by atoms with Gasteiger partial charge >= 0.3 is 0 Å². The summed E-state index contributed by atoms with van der Waals surface area (Å²) in [4.78, 5) is 21.4. The van der Waals surface area contributed by atoms with Gasteiger partial charge in [-0.3, -0.25) is 10.1 Å². The molecule has 1 saturated carbocycles. The molecule has 1 fully saturated rings. The summed E-state index contributed by atoms with van der Waals surface area (Å²) in [6, 6.07) is 6.61. The van der Waals surface area contributed by atoms with Gasteiger partial charge in [-0.1, -0.05) is 24.3 Å². The minimum Gasteiger partial charge on any atom is -0.303 e. The van der Waals surface area contributed by atoms with Crippen LogP contribution < -0.4 is 0 Å². The molecule has 18 heavy (non-hydrogen) atoms. The number of non-ortho nitro benzene ring substituents is 1. The Morgan fingerprint density at radius 3 is 2.44 bits per heavy atom. The third-order valence-electron chi connectivity index (χ3n) is 4.17. The molecule has 4 nitrogen and oxygen atoms in total. The van der Waals surface area contributed by atoms with Crippen LogP contribution in [0.1, 0.15) is 17.9 Å². The van der Waals surface area contributed by atoms with Crippen molar-refractivity contribution in [1.29, 1.82) is 0 Å². The summed E-state index contributed by atoms with van der Waals surface area (Å²) in [5.74, 6) is 0.985. The lowest BCUT2D eigenvalue weighted by molar-refractivity contribution is -0.384. The van der Waals surface area contributed by atoms with E-state index in [2.05, 4.69) is 12.2 Å². The van der Waals surface area contributed by atoms with Gasteiger partial charge in [-0.2, -0.15) is 0 Å². The number of aldehydes is 1. The van der Waals surface area contributed by atoms with Gasteiger partial charge < -0.3 is 4.79 Å². The van der Waals surface area contributed by atoms with Crippen LogP contribution in [0.15, 0.2) is 36.4 Å². The minimum absolute atomic E-state index is 0.0291. The maximum Gasteiger partial charge on any atom is 0.269 e. The molecule has 0 amide bonds. The van der Waals surface area contributed by atoms with E-state index in [-0.39, 0.29) is 17.5 Å². The Bertz CT molecular complexity index is 520. The maximum absolute atomic E-state index is 11.2. The van der Waals surface area contributed by atoms with Crippen LogP contribution in [0.3, 0.4) is 0 Å². The van der Waals surface area contributed by atoms with Crippen molar-refractivity contribution in [2.45, 2.75) is 12.3 Å². The van der Waals surface area contributed by atoms with Crippen LogP contribution in [0.4, 0.5) is 5.69 Å². The van der Waals surface area contributed by atoms with Crippen LogP contribution in [0.5, 0.6) is 0 Å². The molecule has 0 radical (unpaired) electrons. The molecule has 1 aromatic rings. The van der Waals surface area contributed by atoms with E-state index in [9.17, 15) is 14.9 Å². The molecule has 2 aliphatic carbocycles. The molecule has 0 N–H and O–H groups in total. The fourth-order valence-electron chi connectivity index (χ4n) is 3.33. The average Bonchev–Trinajstić information content (AvgIpc) is 2.98. The summed E-state index contributed by atoms with van der Waals surface area (Å²) in [6.07, 6.45) is 6.38. The topological polar surface area (TPSA) is 60.2 Å². The van der Waals surface area contributed by atoms with Crippen molar-refractivity contribution in [3.05, 3.63) is 52.1 Å². The monoisotopic (exact) mass is 243 g/mol. The van der Waals surface area contributed by atoms with Gasteiger partial charge in [0.15, 0.2) is 0 Å². The van der Waals surface area contributed by atoms with E-state index < -0.39 is 4.92 Å². The van der Waals surface area contributed by atoms with Crippen molar-refractivity contribution in [3.63, 3.8) is 0 Å². The van der Waals surface area contributed by atoms with Gasteiger partial charge in [-0.15, -0.1) is 0 Å². The van der Waals surface area contributed by atoms with Crippen molar-refractivity contribution in [2.75, 3.05) is 0 Å². The quantitative estimate of drug-likeness (QED) is 0.355. The smallest absolute Gasteiger partial charge is 0.269 e. The molecule has 0 saturated heterocycles. The number of hydrogen-bond acceptors (Lipinski definition) is 3. The normalized spacial score (nSPS) is 32.7. The van der Waals surface area contributed by atoms with Crippen LogP contribution in [0.2, 0.25) is 0 Å². The Hall–Kier alpha value is -1.97. The average molecular weight is 243 g/mol. The zero-order chi connectivity index (χ0) is 12.7. The van der Waals surface area contributed by atoms with Crippen molar-refractivity contribution >= 4 is 12.0 Å². The lowest BCUT2D eigenvalue weighted by atomic mass is 9.79. The fraction of sp³-hybridized carbons (Fsp3) is 0.357. The van der Waals surface area contributed by atoms with Gasteiger partial charge in [0, 0.05) is 24.0 Å². The largest absolute Gasteiger partial charge is 0.303 e. The molecule has 0 heterocycles. The molecule has 0 aromatic heterocycles. The second-order valence-electron chi connectivity index (χ2n) is 5.04. The second kappa shape index (κ2) is 4.05. The fourth-order valence-corrected chi connectivity index (χ4v) is 3.33. The number of nitro groups is 1. The lowest BCUT2D eigenvalue weighted by Crippen LogP contribution is -2.18. The number of allylic oxidation sites excluding steroid dienone is 2. The van der Waals surface area contributed by atoms with Crippen LogP contribution in [0.25, 0.3) is 0 Å². The number of hydrogen-bond donors (Lipinski definition) is 0. The van der Waals surface area contributed by atoms with E-state index >= 15 is 0 Å². The molecule has 2 bridgehead atoms. The van der Waals surface area contributed by atoms with Gasteiger partial charge in [0.1, 0.15) is 6.29 Å². The number of nitro benzene ring substituents is 1. The molecule has 0 spiro atoms. The van der Waals surface area contributed by atoms with Crippen molar-refractivity contribution in [2.24, 2.45) is 17.8 Å². The van der Waals surface area contributed by atoms with E-state index in [4.69, 9.17) is 0 Å². The first-order chi connectivity index (χ1) is 8.70. The summed E-state index contributed by atoms with van der Waals surface area (Å²) in [5, 5.41) is 10.6. The Kier molecular flexibility index (Phi) is 2.51. The zero-order valence-electron chi connectivity index (χ0n) is 9.73. The maximum atomic E-state index is 11.2. The van der Waals surface area contributed by atoms with Crippen LogP contribution in [-0.2, 0) is 4.79 Å². The molecular formula is C14H13NO3. The summed E-state index contributed by atoms with van der Waals surface area (Å²) in [7, 11) is 0. The number of nitrogens with zero attached hydrogens (tertiary/aromatic N) is 1. The van der Waals surface area contributed by atoms with Gasteiger partial charge in [-0.05, 0) is 23.8 Å². The Morgan fingerprint density at radius 2 is 1.83 bits per heavy atom. The third-order valence-corrected chi connectivity index (χ3v) is 4.17. The highest BCUT2D eigenvalue weighted by molar-refractivity contribution is 5.60. The molecule has 3 rings (SSSR count). The molecule has 4 heteroatoms. The number of rotatable bonds is 3. The van der Waals surface area contributed by atoms with E-state index in [1.54, 1.807) is 12.1 Å². The molecule has 0 aliphatic heterocycles. The molecule has 2 aliphatic rings. The van der Waals surface area contributed by atoms with Crippen LogP contribution in [-0.4, -0.2) is 11.2 Å². The predicted molar refractivity (Wildman–Crippen MR) is 66.1 cm³/mol. The first-order valence-corrected chi connectivity index (χ1v) is 6.08. The summed E-state index contributed by atoms with van der Waals surface area (Å²) >= 11 is 0. The predicted octanol–water partition coefficient (Wildman–Crippen LogP) is 2.70. The number of benzene rings is 1. The number of carbonyl (C=O) groups is 1. The highest BCUT2D eigenvalue weighted by Gasteiger charge is 2.44. The number of carbonyl (C=O) groups excluding carboxylic acids is 1. The van der Waals surface area contributed by atoms with E-state index in [1.165, 1.54) is 12.1 Å². The molecule has 92 valence electrons. The molecule has 1 aromatic carbocycles. The van der Waals surface area contributed by atoms with Gasteiger partial charge in [0.25, 0.3) is 5.69 Å². The second-order valence-corrected chi connectivity index (χ2v) is 5.04. The minimum atomic E-state index is -0.401. The zero-order valence-corrected chi connectivity index (χ0v) is 9.73. The van der Waals surface area contributed by atoms with Gasteiger partial charge in [0.05, 0.1) is 4.92 Å². The first-order valence-electron chi connectivity index (χ1n) is 6.08. The van der Waals surface area contributed by atoms with E-state index in [0.717, 1.165) is 18.3 Å². The summed E-state index contributed by atoms with van der Waals surface area (Å²) in [5.41, 5.74) is 1.13. The summed E-state index contributed by atoms with van der Waals surface area (Å²) in [6.45, 7) is 0. The van der Waals surface area contributed by atoms with Crippen molar-refractivity contribution < 1.29 is 9.72 Å². The SMILES string of the molecule is O=C[C@H]1[C@H](c2ccc([N+](=O)[O-])cc2)[C@@H]2C=C[C@H]1C2. The Morgan fingerprint density at radius 1 is 1.17 bits per heavy atom. The van der Waals surface area contributed by atoms with E-state index in [0.29, 0.717) is 11.8 Å². The van der Waals surface area contributed by atoms with Crippen LogP contribution in [0, 0.1) is 27.9 Å². The number of fused-ring (bicyclic) bond motifs is 2. The Labute approximate surface area is 104 Å². The lowest BCUT2D eigenvalue weighted by Gasteiger charge is -2.24. The Balaban J connectivity index is 1.92. The standard InChI is InChI=1S/C14H13NO3/c16-8-13-10-1-2-11(7-10)14(13)9-3-5-12(6-4-9)15(17)18/h1-6,8,10-11,13-14H,7H2/t10-,11+,13+,14+/m0/s1. The summed E-state index contributed by atoms with van der Waals surface area (Å²) < 4.78 is 0. The highest BCUT2D eigenvalue weighted by atomic mass is 16.6. The highest BCUT2D eigenvalue weighted by Crippen LogP contribution is 2.52. The molecule has 4 atom stereocenters. The van der Waals surface area contributed by atoms with Gasteiger partial charge in [-0.25, -0.2) is 0 Å². The van der Waals surface area contributed by atoms with Crippen molar-refractivity contribution in [3.8, 4) is 0 Å². The molecule has 0 unspecified atom stereocenters. The third kappa shape index (κ3) is 1.56. The van der Waals surface area contributed by atoms with Crippen LogP contribution >= 0.6 is 0 Å². The van der Waals surface area contributed by atoms with Crippen molar-refractivity contribution in [1.82, 2.24) is 0 Å². The first kappa shape index (κ1) is 11.1. The molecular weight excluding hydrogens is 230 g/mol.